The summed E-state index contributed by atoms with van der Waals surface area (Å²) in [7, 11) is 0. The number of allylic oxidation sites excluding steroid dienone is 11. The molecule has 0 aliphatic carbocycles. The quantitative estimate of drug-likeness (QED) is 0.0384. The number of nitrogens with one attached hydrogen (secondary N) is 1. The third-order valence-electron chi connectivity index (χ3n) is 8.60. The fourth-order valence-electron chi connectivity index (χ4n) is 5.57. The predicted molar refractivity (Wildman–Crippen MR) is 217 cm³/mol. The maximum atomic E-state index is 12.7. The molecule has 0 spiro atoms. The fourth-order valence-corrected chi connectivity index (χ4v) is 5.57. The molecule has 0 aliphatic rings. The monoisotopic (exact) mass is 710 g/mol. The molecule has 0 aromatic carbocycles. The van der Waals surface area contributed by atoms with Crippen LogP contribution in [0.2, 0.25) is 0 Å². The molecule has 0 saturated carbocycles. The summed E-state index contributed by atoms with van der Waals surface area (Å²) in [4.78, 5) is 34.9. The topological polar surface area (TPSA) is 92.7 Å². The van der Waals surface area contributed by atoms with Gasteiger partial charge in [0.2, 0.25) is 5.91 Å². The Hall–Kier alpha value is -3.15. The summed E-state index contributed by atoms with van der Waals surface area (Å²) in [6, 6.07) is 0. The predicted octanol–water partition coefficient (Wildman–Crippen LogP) is 12.6. The molecule has 0 radical (unpaired) electrons. The average Bonchev–Trinajstić information content (AvgIpc) is 3.11. The number of aliphatic carboxylic acids is 1. The van der Waals surface area contributed by atoms with Crippen LogP contribution in [-0.2, 0) is 19.1 Å². The smallest absolute Gasteiger partial charge is 0.322 e. The highest BCUT2D eigenvalue weighted by Gasteiger charge is 2.11. The number of carboxylic acid groups (broad SMARTS) is 1. The van der Waals surface area contributed by atoms with Crippen LogP contribution in [0.4, 0.5) is 0 Å². The van der Waals surface area contributed by atoms with Crippen LogP contribution in [0.3, 0.4) is 0 Å². The lowest BCUT2D eigenvalue weighted by Crippen LogP contribution is -2.28. The van der Waals surface area contributed by atoms with Gasteiger partial charge in [0.1, 0.15) is 12.6 Å². The van der Waals surface area contributed by atoms with E-state index in [2.05, 4.69) is 92.1 Å². The van der Waals surface area contributed by atoms with Gasteiger partial charge in [0.15, 0.2) is 0 Å². The first-order valence-electron chi connectivity index (χ1n) is 20.6. The number of rotatable bonds is 36. The molecule has 51 heavy (non-hydrogen) atoms. The van der Waals surface area contributed by atoms with Crippen molar-refractivity contribution in [2.75, 3.05) is 6.54 Å². The van der Waals surface area contributed by atoms with Gasteiger partial charge >= 0.3 is 11.9 Å². The molecule has 2 N–H and O–H groups in total. The van der Waals surface area contributed by atoms with E-state index < -0.39 is 5.97 Å². The minimum atomic E-state index is -1.02. The number of unbranched alkanes of at least 4 members (excludes halogenated alkanes) is 15. The van der Waals surface area contributed by atoms with Gasteiger partial charge in [-0.05, 0) is 89.5 Å². The van der Waals surface area contributed by atoms with Gasteiger partial charge in [-0.2, -0.15) is 0 Å². The maximum Gasteiger partial charge on any atom is 0.322 e. The normalized spacial score (nSPS) is 12.8. The maximum absolute atomic E-state index is 12.7. The number of hydrogen-bond donors (Lipinski definition) is 2. The van der Waals surface area contributed by atoms with Gasteiger partial charge in [0.25, 0.3) is 0 Å². The summed E-state index contributed by atoms with van der Waals surface area (Å²) in [5, 5.41) is 11.0. The first-order valence-corrected chi connectivity index (χ1v) is 20.6. The van der Waals surface area contributed by atoms with Crippen LogP contribution >= 0.6 is 0 Å². The molecule has 1 unspecified atom stereocenters. The second-order valence-corrected chi connectivity index (χ2v) is 13.5. The molecule has 0 bridgehead atoms. The Balaban J connectivity index is 4.24. The summed E-state index contributed by atoms with van der Waals surface area (Å²) in [6.45, 7) is 4.09. The average molecular weight is 710 g/mol. The Kier molecular flexibility index (Phi) is 37.2. The number of carbonyl (C=O) groups is 3. The highest BCUT2D eigenvalue weighted by molar-refractivity contribution is 5.80. The Bertz CT molecular complexity index is 1010. The molecule has 0 fully saturated rings. The number of carboxylic acids is 1. The summed E-state index contributed by atoms with van der Waals surface area (Å²) in [6.07, 6.45) is 53.2. The van der Waals surface area contributed by atoms with Gasteiger partial charge in [0.05, 0.1) is 0 Å². The van der Waals surface area contributed by atoms with E-state index in [4.69, 9.17) is 9.84 Å². The van der Waals surface area contributed by atoms with Crippen molar-refractivity contribution < 1.29 is 24.2 Å². The van der Waals surface area contributed by atoms with Gasteiger partial charge in [-0.1, -0.05) is 151 Å². The SMILES string of the molecule is CC/C=C\C/C=C\C/C=C\C/C=C\C/C=C\CCCCCC(=O)OC(/C=C\CCCCCCCCC)CCCCCCCCC(=O)NCC(=O)O. The lowest BCUT2D eigenvalue weighted by Gasteiger charge is -2.15. The highest BCUT2D eigenvalue weighted by atomic mass is 16.5. The largest absolute Gasteiger partial charge is 0.480 e. The lowest BCUT2D eigenvalue weighted by atomic mass is 10.0. The van der Waals surface area contributed by atoms with Crippen LogP contribution in [0, 0.1) is 0 Å². The Morgan fingerprint density at radius 3 is 1.61 bits per heavy atom. The van der Waals surface area contributed by atoms with E-state index in [-0.39, 0.29) is 24.5 Å². The minimum absolute atomic E-state index is 0.0865. The molecule has 290 valence electrons. The first-order chi connectivity index (χ1) is 25.0. The molecule has 0 aromatic rings. The van der Waals surface area contributed by atoms with Crippen molar-refractivity contribution in [1.82, 2.24) is 5.32 Å². The first kappa shape index (κ1) is 47.8. The molecule has 1 amide bonds. The van der Waals surface area contributed by atoms with E-state index in [9.17, 15) is 14.4 Å². The van der Waals surface area contributed by atoms with Gasteiger partial charge in [-0.25, -0.2) is 0 Å². The van der Waals surface area contributed by atoms with Crippen LogP contribution in [0.25, 0.3) is 0 Å². The lowest BCUT2D eigenvalue weighted by molar-refractivity contribution is -0.147. The molecule has 0 rings (SSSR count). The van der Waals surface area contributed by atoms with Gasteiger partial charge < -0.3 is 15.2 Å². The van der Waals surface area contributed by atoms with Crippen LogP contribution in [0.1, 0.15) is 181 Å². The van der Waals surface area contributed by atoms with Crippen LogP contribution < -0.4 is 5.32 Å². The van der Waals surface area contributed by atoms with E-state index in [1.165, 1.54) is 44.9 Å². The second kappa shape index (κ2) is 39.6. The minimum Gasteiger partial charge on any atom is -0.480 e. The van der Waals surface area contributed by atoms with E-state index >= 15 is 0 Å². The van der Waals surface area contributed by atoms with Crippen LogP contribution in [0.5, 0.6) is 0 Å². The van der Waals surface area contributed by atoms with E-state index in [0.29, 0.717) is 12.8 Å². The van der Waals surface area contributed by atoms with Gasteiger partial charge in [-0.3, -0.25) is 14.4 Å². The van der Waals surface area contributed by atoms with Gasteiger partial charge in [-0.15, -0.1) is 0 Å². The highest BCUT2D eigenvalue weighted by Crippen LogP contribution is 2.15. The third kappa shape index (κ3) is 39.5. The van der Waals surface area contributed by atoms with Crippen molar-refractivity contribution in [3.63, 3.8) is 0 Å². The molecule has 6 nitrogen and oxygen atoms in total. The molecule has 0 heterocycles. The third-order valence-corrected chi connectivity index (χ3v) is 8.60. The Morgan fingerprint density at radius 1 is 0.549 bits per heavy atom. The van der Waals surface area contributed by atoms with Crippen LogP contribution in [-0.4, -0.2) is 35.6 Å². The van der Waals surface area contributed by atoms with Gasteiger partial charge in [0, 0.05) is 12.8 Å². The van der Waals surface area contributed by atoms with Crippen molar-refractivity contribution in [2.45, 2.75) is 187 Å². The van der Waals surface area contributed by atoms with E-state index in [1.807, 2.05) is 0 Å². The van der Waals surface area contributed by atoms with Crippen molar-refractivity contribution in [1.29, 1.82) is 0 Å². The zero-order valence-corrected chi connectivity index (χ0v) is 32.7. The fraction of sp³-hybridized carbons (Fsp3) is 0.667. The van der Waals surface area contributed by atoms with Crippen molar-refractivity contribution >= 4 is 17.8 Å². The van der Waals surface area contributed by atoms with E-state index in [0.717, 1.165) is 109 Å². The molecular weight excluding hydrogens is 634 g/mol. The second-order valence-electron chi connectivity index (χ2n) is 13.5. The molecule has 0 aromatic heterocycles. The number of hydrogen-bond acceptors (Lipinski definition) is 4. The van der Waals surface area contributed by atoms with Crippen LogP contribution in [0.15, 0.2) is 72.9 Å². The summed E-state index contributed by atoms with van der Waals surface area (Å²) >= 11 is 0. The molecule has 1 atom stereocenters. The molecule has 0 aliphatic heterocycles. The summed E-state index contributed by atoms with van der Waals surface area (Å²) in [5.41, 5.74) is 0. The molecule has 6 heteroatoms. The number of carbonyl (C=O) groups excluding carboxylic acids is 2. The van der Waals surface area contributed by atoms with Crippen molar-refractivity contribution in [2.24, 2.45) is 0 Å². The standard InChI is InChI=1S/C45H75NO5/c1-3-5-7-9-11-13-14-15-16-17-18-19-20-21-22-24-26-32-36-40-45(50)51-42(37-33-29-25-23-12-10-8-6-4-2)38-34-30-27-28-31-35-39-43(47)46-41-44(48)49/h5,7,11,13,15-16,18-19,21-22,33,37,42H,3-4,6,8-10,12,14,17,20,23-32,34-36,38-41H2,1-2H3,(H,46,47)(H,48,49)/b7-5-,13-11-,16-15-,19-18-,22-21-,37-33-. The number of esters is 1. The zero-order chi connectivity index (χ0) is 37.3. The van der Waals surface area contributed by atoms with Crippen molar-refractivity contribution in [3.8, 4) is 0 Å². The van der Waals surface area contributed by atoms with Crippen molar-refractivity contribution in [3.05, 3.63) is 72.9 Å². The zero-order valence-electron chi connectivity index (χ0n) is 32.7. The molecule has 0 saturated heterocycles. The Morgan fingerprint density at radius 2 is 1.02 bits per heavy atom. The van der Waals surface area contributed by atoms with E-state index in [1.54, 1.807) is 0 Å². The summed E-state index contributed by atoms with van der Waals surface area (Å²) in [5.74, 6) is -1.31. The Labute approximate surface area is 313 Å². The summed E-state index contributed by atoms with van der Waals surface area (Å²) < 4.78 is 5.93. The molecular formula is C45H75NO5. The number of amides is 1. The number of ether oxygens (including phenoxy) is 1.